The molecule has 0 bridgehead atoms. The molecule has 0 aliphatic carbocycles. The fourth-order valence-electron chi connectivity index (χ4n) is 10.9. The zero-order valence-electron chi connectivity index (χ0n) is 54.6. The third-order valence-electron chi connectivity index (χ3n) is 16.3. The van der Waals surface area contributed by atoms with Gasteiger partial charge >= 0.3 is 17.9 Å². The first-order valence-electron chi connectivity index (χ1n) is 36.1. The normalized spacial score (nSPS) is 12.3. The predicted octanol–water partition coefficient (Wildman–Crippen LogP) is 24.9. The van der Waals surface area contributed by atoms with E-state index in [1.165, 1.54) is 276 Å². The number of esters is 3. The summed E-state index contributed by atoms with van der Waals surface area (Å²) >= 11 is 0. The van der Waals surface area contributed by atoms with E-state index in [9.17, 15) is 14.4 Å². The van der Waals surface area contributed by atoms with E-state index in [1.54, 1.807) is 0 Å². The molecule has 0 aromatic rings. The van der Waals surface area contributed by atoms with Gasteiger partial charge in [0.15, 0.2) is 6.10 Å². The van der Waals surface area contributed by atoms with Crippen molar-refractivity contribution in [2.75, 3.05) is 13.2 Å². The summed E-state index contributed by atoms with van der Waals surface area (Å²) in [5.41, 5.74) is 0. The molecule has 0 aromatic heterocycles. The molecule has 0 heterocycles. The lowest BCUT2D eigenvalue weighted by Gasteiger charge is -2.18. The molecule has 0 aliphatic rings. The van der Waals surface area contributed by atoms with Crippen LogP contribution in [0.15, 0.2) is 48.6 Å². The highest BCUT2D eigenvalue weighted by atomic mass is 16.6. The Balaban J connectivity index is 3.91. The fraction of sp³-hybridized carbons (Fsp3) is 0.853. The molecule has 81 heavy (non-hydrogen) atoms. The van der Waals surface area contributed by atoms with Gasteiger partial charge in [-0.2, -0.15) is 0 Å². The van der Waals surface area contributed by atoms with Crippen molar-refractivity contribution >= 4 is 17.9 Å². The van der Waals surface area contributed by atoms with Crippen molar-refractivity contribution in [1.82, 2.24) is 0 Å². The van der Waals surface area contributed by atoms with Crippen molar-refractivity contribution in [3.63, 3.8) is 0 Å². The van der Waals surface area contributed by atoms with Crippen LogP contribution in [0.3, 0.4) is 0 Å². The summed E-state index contributed by atoms with van der Waals surface area (Å²) in [6.07, 6.45) is 89.2. The van der Waals surface area contributed by atoms with Crippen molar-refractivity contribution in [2.45, 2.75) is 399 Å². The molecule has 1 atom stereocenters. The molecule has 0 N–H and O–H groups in total. The Kier molecular flexibility index (Phi) is 67.6. The van der Waals surface area contributed by atoms with Crippen LogP contribution in [-0.2, 0) is 28.6 Å². The second-order valence-electron chi connectivity index (χ2n) is 24.5. The number of hydrogen-bond acceptors (Lipinski definition) is 6. The molecule has 0 spiro atoms. The van der Waals surface area contributed by atoms with Crippen molar-refractivity contribution in [1.29, 1.82) is 0 Å². The van der Waals surface area contributed by atoms with Gasteiger partial charge in [-0.3, -0.25) is 14.4 Å². The lowest BCUT2D eigenvalue weighted by atomic mass is 10.0. The van der Waals surface area contributed by atoms with E-state index < -0.39 is 6.10 Å². The van der Waals surface area contributed by atoms with Gasteiger partial charge in [-0.25, -0.2) is 0 Å². The molecule has 1 unspecified atom stereocenters. The summed E-state index contributed by atoms with van der Waals surface area (Å²) in [6.45, 7) is 6.61. The first-order valence-corrected chi connectivity index (χ1v) is 36.1. The Morgan fingerprint density at radius 3 is 0.704 bits per heavy atom. The Labute approximate surface area is 505 Å². The zero-order valence-corrected chi connectivity index (χ0v) is 54.6. The zero-order chi connectivity index (χ0) is 58.5. The van der Waals surface area contributed by atoms with Crippen LogP contribution in [0.25, 0.3) is 0 Å². The van der Waals surface area contributed by atoms with Crippen LogP contribution in [0.5, 0.6) is 0 Å². The average molecular weight is 1140 g/mol. The maximum Gasteiger partial charge on any atom is 0.306 e. The Morgan fingerprint density at radius 1 is 0.247 bits per heavy atom. The van der Waals surface area contributed by atoms with E-state index >= 15 is 0 Å². The summed E-state index contributed by atoms with van der Waals surface area (Å²) in [5.74, 6) is -0.859. The number of carbonyl (C=O) groups excluding carboxylic acids is 3. The van der Waals surface area contributed by atoms with Gasteiger partial charge in [-0.15, -0.1) is 0 Å². The van der Waals surface area contributed by atoms with Gasteiger partial charge in [0.05, 0.1) is 0 Å². The third-order valence-corrected chi connectivity index (χ3v) is 16.3. The van der Waals surface area contributed by atoms with E-state index in [2.05, 4.69) is 69.4 Å². The van der Waals surface area contributed by atoms with Crippen molar-refractivity contribution < 1.29 is 28.6 Å². The molecule has 6 heteroatoms. The first kappa shape index (κ1) is 78.4. The van der Waals surface area contributed by atoms with Gasteiger partial charge in [0.25, 0.3) is 0 Å². The molecule has 0 fully saturated rings. The molecule has 0 saturated carbocycles. The quantitative estimate of drug-likeness (QED) is 0.0261. The number of unbranched alkanes of at least 4 members (excludes halogenated alkanes) is 48. The lowest BCUT2D eigenvalue weighted by Crippen LogP contribution is -2.30. The van der Waals surface area contributed by atoms with Gasteiger partial charge in [0.2, 0.25) is 0 Å². The minimum absolute atomic E-state index is 0.0685. The standard InChI is InChI=1S/C75H138O6/c1-4-7-10-13-15-17-19-21-23-25-27-29-31-33-34-35-36-37-38-39-40-42-43-45-47-49-51-53-55-57-59-62-65-68-74(77)80-71-72(70-79-73(76)67-64-61-12-9-6-3)81-75(78)69-66-63-60-58-56-54-52-50-48-46-44-41-32-30-28-26-24-22-20-18-16-14-11-8-5-2/h19,21,25-28,31,33,72H,4-18,20,22-24,29-30,32,34-71H2,1-3H3/b21-19-,27-25-,28-26-,33-31-. The predicted molar refractivity (Wildman–Crippen MR) is 353 cm³/mol. The molecule has 0 rings (SSSR count). The molecule has 6 nitrogen and oxygen atoms in total. The molecule has 0 aromatic carbocycles. The van der Waals surface area contributed by atoms with Crippen molar-refractivity contribution in [3.8, 4) is 0 Å². The van der Waals surface area contributed by atoms with Crippen molar-refractivity contribution in [3.05, 3.63) is 48.6 Å². The Bertz CT molecular complexity index is 1400. The molecule has 0 amide bonds. The Morgan fingerprint density at radius 2 is 0.444 bits per heavy atom. The third kappa shape index (κ3) is 68.0. The maximum atomic E-state index is 12.9. The van der Waals surface area contributed by atoms with Gasteiger partial charge in [0, 0.05) is 19.3 Å². The van der Waals surface area contributed by atoms with Crippen LogP contribution in [0.1, 0.15) is 393 Å². The number of allylic oxidation sites excluding steroid dienone is 8. The van der Waals surface area contributed by atoms with E-state index in [0.717, 1.165) is 77.0 Å². The summed E-state index contributed by atoms with van der Waals surface area (Å²) < 4.78 is 16.8. The van der Waals surface area contributed by atoms with Crippen molar-refractivity contribution in [2.24, 2.45) is 0 Å². The molecule has 0 aliphatic heterocycles. The molecule has 0 radical (unpaired) electrons. The van der Waals surface area contributed by atoms with Crippen LogP contribution in [0.4, 0.5) is 0 Å². The molecular formula is C75H138O6. The van der Waals surface area contributed by atoms with Crippen LogP contribution >= 0.6 is 0 Å². The largest absolute Gasteiger partial charge is 0.462 e. The fourth-order valence-corrected chi connectivity index (χ4v) is 10.9. The second kappa shape index (κ2) is 69.9. The first-order chi connectivity index (χ1) is 40.0. The van der Waals surface area contributed by atoms with Gasteiger partial charge < -0.3 is 14.2 Å². The maximum absolute atomic E-state index is 12.9. The molecule has 0 saturated heterocycles. The minimum Gasteiger partial charge on any atom is -0.462 e. The van der Waals surface area contributed by atoms with E-state index in [0.29, 0.717) is 19.3 Å². The minimum atomic E-state index is -0.768. The lowest BCUT2D eigenvalue weighted by molar-refractivity contribution is -0.167. The van der Waals surface area contributed by atoms with Crippen LogP contribution in [0, 0.1) is 0 Å². The van der Waals surface area contributed by atoms with Gasteiger partial charge in [0.1, 0.15) is 13.2 Å². The highest BCUT2D eigenvalue weighted by molar-refractivity contribution is 5.71. The summed E-state index contributed by atoms with van der Waals surface area (Å²) in [4.78, 5) is 38.0. The highest BCUT2D eigenvalue weighted by Gasteiger charge is 2.19. The summed E-state index contributed by atoms with van der Waals surface area (Å²) in [5, 5.41) is 0. The molecule has 474 valence electrons. The van der Waals surface area contributed by atoms with E-state index in [4.69, 9.17) is 14.2 Å². The molecular weight excluding hydrogens is 997 g/mol. The average Bonchev–Trinajstić information content (AvgIpc) is 3.47. The number of rotatable bonds is 67. The monoisotopic (exact) mass is 1140 g/mol. The SMILES string of the molecule is CCCCCCC/C=C\C/C=C\C/C=C\CCCCCCCCCCCCCCCCCCCCC(=O)OCC(COC(=O)CCCCCCC)OC(=O)CCCCCCCCCCCCCCC/C=C\CCCCCCCCCC. The van der Waals surface area contributed by atoms with Crippen LogP contribution in [-0.4, -0.2) is 37.2 Å². The van der Waals surface area contributed by atoms with Crippen LogP contribution in [0.2, 0.25) is 0 Å². The van der Waals surface area contributed by atoms with Crippen LogP contribution < -0.4 is 0 Å². The van der Waals surface area contributed by atoms with E-state index in [-0.39, 0.29) is 31.1 Å². The number of carbonyl (C=O) groups is 3. The second-order valence-corrected chi connectivity index (χ2v) is 24.5. The Hall–Kier alpha value is -2.63. The smallest absolute Gasteiger partial charge is 0.306 e. The van der Waals surface area contributed by atoms with Gasteiger partial charge in [-0.05, 0) is 83.5 Å². The topological polar surface area (TPSA) is 78.9 Å². The summed E-state index contributed by atoms with van der Waals surface area (Å²) in [6, 6.07) is 0. The van der Waals surface area contributed by atoms with E-state index in [1.807, 2.05) is 0 Å². The van der Waals surface area contributed by atoms with Gasteiger partial charge in [-0.1, -0.05) is 339 Å². The number of ether oxygens (including phenoxy) is 3. The number of hydrogen-bond donors (Lipinski definition) is 0. The summed E-state index contributed by atoms with van der Waals surface area (Å²) in [7, 11) is 0. The highest BCUT2D eigenvalue weighted by Crippen LogP contribution is 2.18.